The second-order valence-corrected chi connectivity index (χ2v) is 4.93. The quantitative estimate of drug-likeness (QED) is 0.896. The van der Waals surface area contributed by atoms with E-state index in [0.717, 1.165) is 11.3 Å². The zero-order valence-electron chi connectivity index (χ0n) is 12.1. The van der Waals surface area contributed by atoms with Gasteiger partial charge in [-0.2, -0.15) is 5.10 Å². The Morgan fingerprint density at radius 3 is 2.67 bits per heavy atom. The average molecular weight is 287 g/mol. The molecule has 1 aromatic heterocycles. The Morgan fingerprint density at radius 2 is 2.05 bits per heavy atom. The first kappa shape index (κ1) is 14.8. The summed E-state index contributed by atoms with van der Waals surface area (Å²) >= 11 is 0. The van der Waals surface area contributed by atoms with Crippen LogP contribution in [0.4, 0.5) is 0 Å². The van der Waals surface area contributed by atoms with Gasteiger partial charge in [0.05, 0.1) is 23.1 Å². The number of carbonyl (C=O) groups excluding carboxylic acids is 1. The molecule has 21 heavy (non-hydrogen) atoms. The number of amides is 1. The predicted molar refractivity (Wildman–Crippen MR) is 77.6 cm³/mol. The van der Waals surface area contributed by atoms with Crippen molar-refractivity contribution in [2.24, 2.45) is 0 Å². The van der Waals surface area contributed by atoms with Crippen molar-refractivity contribution >= 4 is 11.9 Å². The molecule has 1 heterocycles. The molecule has 110 valence electrons. The van der Waals surface area contributed by atoms with Crippen LogP contribution < -0.4 is 5.32 Å². The molecule has 0 aliphatic heterocycles. The molecule has 0 aliphatic rings. The molecule has 6 nitrogen and oxygen atoms in total. The van der Waals surface area contributed by atoms with Crippen LogP contribution in [0.1, 0.15) is 28.5 Å². The molecule has 0 saturated carbocycles. The summed E-state index contributed by atoms with van der Waals surface area (Å²) in [6.07, 6.45) is 1.45. The third-order valence-corrected chi connectivity index (χ3v) is 3.22. The summed E-state index contributed by atoms with van der Waals surface area (Å²) < 4.78 is 1.66. The number of benzene rings is 1. The van der Waals surface area contributed by atoms with Crippen LogP contribution in [0.25, 0.3) is 5.69 Å². The maximum atomic E-state index is 12.1. The first-order chi connectivity index (χ1) is 9.90. The van der Waals surface area contributed by atoms with E-state index in [1.165, 1.54) is 13.1 Å². The van der Waals surface area contributed by atoms with E-state index in [2.05, 4.69) is 10.4 Å². The highest BCUT2D eigenvalue weighted by atomic mass is 16.4. The fraction of sp³-hybridized carbons (Fsp3) is 0.267. The average Bonchev–Trinajstić information content (AvgIpc) is 2.80. The third-order valence-electron chi connectivity index (χ3n) is 3.22. The molecule has 1 amide bonds. The topological polar surface area (TPSA) is 84.2 Å². The highest BCUT2D eigenvalue weighted by Crippen LogP contribution is 2.15. The Labute approximate surface area is 122 Å². The fourth-order valence-corrected chi connectivity index (χ4v) is 1.99. The van der Waals surface area contributed by atoms with Crippen LogP contribution in [0.2, 0.25) is 0 Å². The highest BCUT2D eigenvalue weighted by Gasteiger charge is 2.19. The van der Waals surface area contributed by atoms with Gasteiger partial charge in [-0.1, -0.05) is 12.1 Å². The first-order valence-electron chi connectivity index (χ1n) is 6.55. The van der Waals surface area contributed by atoms with Crippen LogP contribution in [0.5, 0.6) is 0 Å². The van der Waals surface area contributed by atoms with Gasteiger partial charge in [0, 0.05) is 0 Å². The monoisotopic (exact) mass is 287 g/mol. The number of aryl methyl sites for hydroxylation is 1. The van der Waals surface area contributed by atoms with Gasteiger partial charge in [0.15, 0.2) is 0 Å². The number of hydrogen-bond donors (Lipinski definition) is 2. The van der Waals surface area contributed by atoms with Gasteiger partial charge in [0.1, 0.15) is 6.04 Å². The SMILES string of the molecule is Cc1cccc(-n2ncc(C(=O)N[C@@H](C)C(=O)O)c2C)c1. The molecule has 2 rings (SSSR count). The molecule has 2 N–H and O–H groups in total. The van der Waals surface area contributed by atoms with Gasteiger partial charge in [-0.3, -0.25) is 9.59 Å². The van der Waals surface area contributed by atoms with Crippen LogP contribution in [0.3, 0.4) is 0 Å². The maximum Gasteiger partial charge on any atom is 0.325 e. The number of nitrogens with one attached hydrogen (secondary N) is 1. The lowest BCUT2D eigenvalue weighted by Crippen LogP contribution is -2.38. The van der Waals surface area contributed by atoms with Gasteiger partial charge >= 0.3 is 5.97 Å². The minimum atomic E-state index is -1.08. The summed E-state index contributed by atoms with van der Waals surface area (Å²) in [6.45, 7) is 5.17. The standard InChI is InChI=1S/C15H17N3O3/c1-9-5-4-6-12(7-9)18-11(3)13(8-16-18)14(19)17-10(2)15(20)21/h4-8,10H,1-3H3,(H,17,19)(H,20,21)/t10-/m0/s1. The Morgan fingerprint density at radius 1 is 1.33 bits per heavy atom. The summed E-state index contributed by atoms with van der Waals surface area (Å²) in [5.74, 6) is -1.52. The number of aromatic nitrogens is 2. The van der Waals surface area contributed by atoms with Crippen molar-refractivity contribution in [1.82, 2.24) is 15.1 Å². The molecule has 0 spiro atoms. The summed E-state index contributed by atoms with van der Waals surface area (Å²) in [4.78, 5) is 22.8. The smallest absolute Gasteiger partial charge is 0.325 e. The summed E-state index contributed by atoms with van der Waals surface area (Å²) in [7, 11) is 0. The molecule has 0 fully saturated rings. The fourth-order valence-electron chi connectivity index (χ4n) is 1.99. The largest absolute Gasteiger partial charge is 0.480 e. The predicted octanol–water partition coefficient (Wildman–Crippen LogP) is 1.69. The molecule has 1 atom stereocenters. The number of rotatable bonds is 4. The lowest BCUT2D eigenvalue weighted by Gasteiger charge is -2.09. The summed E-state index contributed by atoms with van der Waals surface area (Å²) in [5.41, 5.74) is 2.98. The highest BCUT2D eigenvalue weighted by molar-refractivity contribution is 5.97. The molecule has 0 unspecified atom stereocenters. The van der Waals surface area contributed by atoms with Gasteiger partial charge in [-0.05, 0) is 38.5 Å². The van der Waals surface area contributed by atoms with Gasteiger partial charge < -0.3 is 10.4 Å². The van der Waals surface area contributed by atoms with Gasteiger partial charge in [-0.25, -0.2) is 4.68 Å². The van der Waals surface area contributed by atoms with E-state index in [4.69, 9.17) is 5.11 Å². The van der Waals surface area contributed by atoms with Crippen LogP contribution in [-0.4, -0.2) is 32.8 Å². The molecule has 0 saturated heterocycles. The zero-order valence-corrected chi connectivity index (χ0v) is 12.1. The molecule has 2 aromatic rings. The number of carboxylic acids is 1. The van der Waals surface area contributed by atoms with E-state index in [1.807, 2.05) is 31.2 Å². The van der Waals surface area contributed by atoms with Crippen molar-refractivity contribution < 1.29 is 14.7 Å². The molecular formula is C15H17N3O3. The second kappa shape index (κ2) is 5.78. The molecule has 1 aromatic carbocycles. The molecule has 0 radical (unpaired) electrons. The van der Waals surface area contributed by atoms with E-state index in [1.54, 1.807) is 11.6 Å². The normalized spacial score (nSPS) is 12.0. The number of nitrogens with zero attached hydrogens (tertiary/aromatic N) is 2. The molecular weight excluding hydrogens is 270 g/mol. The van der Waals surface area contributed by atoms with Crippen LogP contribution >= 0.6 is 0 Å². The summed E-state index contributed by atoms with van der Waals surface area (Å²) in [6, 6.07) is 6.80. The Bertz CT molecular complexity index is 691. The van der Waals surface area contributed by atoms with E-state index < -0.39 is 17.9 Å². The Kier molecular flexibility index (Phi) is 4.07. The zero-order chi connectivity index (χ0) is 15.6. The van der Waals surface area contributed by atoms with Gasteiger partial charge in [0.2, 0.25) is 0 Å². The molecule has 0 aliphatic carbocycles. The minimum absolute atomic E-state index is 0.365. The van der Waals surface area contributed by atoms with Crippen LogP contribution in [0, 0.1) is 13.8 Å². The van der Waals surface area contributed by atoms with E-state index >= 15 is 0 Å². The lowest BCUT2D eigenvalue weighted by atomic mass is 10.2. The minimum Gasteiger partial charge on any atom is -0.480 e. The van der Waals surface area contributed by atoms with Crippen LogP contribution in [0.15, 0.2) is 30.5 Å². The van der Waals surface area contributed by atoms with Crippen LogP contribution in [-0.2, 0) is 4.79 Å². The van der Waals surface area contributed by atoms with E-state index in [-0.39, 0.29) is 0 Å². The number of carboxylic acid groups (broad SMARTS) is 1. The summed E-state index contributed by atoms with van der Waals surface area (Å²) in [5, 5.41) is 15.5. The number of hydrogen-bond acceptors (Lipinski definition) is 3. The van der Waals surface area contributed by atoms with Gasteiger partial charge in [0.25, 0.3) is 5.91 Å². The Hall–Kier alpha value is -2.63. The Balaban J connectivity index is 2.29. The van der Waals surface area contributed by atoms with Gasteiger partial charge in [-0.15, -0.1) is 0 Å². The van der Waals surface area contributed by atoms with Crippen molar-refractivity contribution in [2.75, 3.05) is 0 Å². The van der Waals surface area contributed by atoms with Crippen molar-refractivity contribution in [3.8, 4) is 5.69 Å². The lowest BCUT2D eigenvalue weighted by molar-refractivity contribution is -0.138. The van der Waals surface area contributed by atoms with Crippen molar-refractivity contribution in [2.45, 2.75) is 26.8 Å². The maximum absolute atomic E-state index is 12.1. The van der Waals surface area contributed by atoms with Crippen molar-refractivity contribution in [1.29, 1.82) is 0 Å². The van der Waals surface area contributed by atoms with Crippen molar-refractivity contribution in [3.63, 3.8) is 0 Å². The number of aliphatic carboxylic acids is 1. The molecule has 6 heteroatoms. The number of carbonyl (C=O) groups is 2. The second-order valence-electron chi connectivity index (χ2n) is 4.93. The van der Waals surface area contributed by atoms with Crippen molar-refractivity contribution in [3.05, 3.63) is 47.3 Å². The first-order valence-corrected chi connectivity index (χ1v) is 6.55. The van der Waals surface area contributed by atoms with E-state index in [9.17, 15) is 9.59 Å². The third kappa shape index (κ3) is 3.10. The molecule has 0 bridgehead atoms. The van der Waals surface area contributed by atoms with E-state index in [0.29, 0.717) is 11.3 Å².